The van der Waals surface area contributed by atoms with Gasteiger partial charge in [0.2, 0.25) is 0 Å². The minimum absolute atomic E-state index is 0.197. The molecular weight excluding hydrogens is 469 g/mol. The van der Waals surface area contributed by atoms with Crippen molar-refractivity contribution in [2.45, 2.75) is 0 Å². The molecule has 116 valence electrons. The van der Waals surface area contributed by atoms with Gasteiger partial charge in [0, 0.05) is 3.57 Å². The van der Waals surface area contributed by atoms with Crippen LogP contribution in [0.25, 0.3) is 10.8 Å². The van der Waals surface area contributed by atoms with E-state index >= 15 is 0 Å². The Morgan fingerprint density at radius 2 is 1.83 bits per heavy atom. The Kier molecular flexibility index (Phi) is 4.87. The fourth-order valence-electron chi connectivity index (χ4n) is 2.40. The van der Waals surface area contributed by atoms with Crippen molar-refractivity contribution in [3.05, 3.63) is 68.2 Å². The van der Waals surface area contributed by atoms with E-state index < -0.39 is 0 Å². The molecule has 5 heteroatoms. The number of benzene rings is 3. The summed E-state index contributed by atoms with van der Waals surface area (Å²) in [6.45, 7) is 0. The average molecular weight is 482 g/mol. The predicted octanol–water partition coefficient (Wildman–Crippen LogP) is 5.47. The number of amides is 1. The van der Waals surface area contributed by atoms with Crippen molar-refractivity contribution >= 4 is 60.9 Å². The van der Waals surface area contributed by atoms with E-state index in [0.29, 0.717) is 11.3 Å². The molecule has 0 unspecified atom stereocenters. The highest BCUT2D eigenvalue weighted by molar-refractivity contribution is 14.1. The Morgan fingerprint density at radius 1 is 1.13 bits per heavy atom. The zero-order chi connectivity index (χ0) is 16.4. The Labute approximate surface area is 156 Å². The first-order chi connectivity index (χ1) is 11.1. The van der Waals surface area contributed by atoms with E-state index in [1.807, 2.05) is 54.6 Å². The molecule has 3 aromatic rings. The highest BCUT2D eigenvalue weighted by atomic mass is 127. The molecule has 0 radical (unpaired) electrons. The van der Waals surface area contributed by atoms with E-state index in [9.17, 15) is 4.79 Å². The normalized spacial score (nSPS) is 10.6. The Balaban J connectivity index is 2.08. The van der Waals surface area contributed by atoms with Crippen LogP contribution in [0.2, 0.25) is 0 Å². The summed E-state index contributed by atoms with van der Waals surface area (Å²) in [5.41, 5.74) is 1.28. The smallest absolute Gasteiger partial charge is 0.259 e. The molecule has 0 aliphatic rings. The maximum absolute atomic E-state index is 12.7. The molecule has 0 fully saturated rings. The first-order valence-electron chi connectivity index (χ1n) is 6.93. The molecule has 0 saturated carbocycles. The van der Waals surface area contributed by atoms with Gasteiger partial charge in [0.05, 0.1) is 22.8 Å². The highest BCUT2D eigenvalue weighted by Gasteiger charge is 2.18. The van der Waals surface area contributed by atoms with Gasteiger partial charge in [0.25, 0.3) is 5.91 Å². The summed E-state index contributed by atoms with van der Waals surface area (Å²) < 4.78 is 7.23. The van der Waals surface area contributed by atoms with E-state index in [-0.39, 0.29) is 5.91 Å². The van der Waals surface area contributed by atoms with E-state index in [0.717, 1.165) is 24.5 Å². The number of hydrogen-bond acceptors (Lipinski definition) is 2. The van der Waals surface area contributed by atoms with Gasteiger partial charge in [-0.15, -0.1) is 0 Å². The molecule has 1 N–H and O–H groups in total. The van der Waals surface area contributed by atoms with Crippen molar-refractivity contribution in [2.24, 2.45) is 0 Å². The lowest BCUT2D eigenvalue weighted by Crippen LogP contribution is -2.14. The number of rotatable bonds is 3. The van der Waals surface area contributed by atoms with E-state index in [2.05, 4.69) is 43.8 Å². The van der Waals surface area contributed by atoms with Crippen LogP contribution in [-0.2, 0) is 0 Å². The minimum atomic E-state index is -0.197. The van der Waals surface area contributed by atoms with Gasteiger partial charge in [-0.05, 0) is 67.5 Å². The third kappa shape index (κ3) is 3.21. The molecule has 0 spiro atoms. The van der Waals surface area contributed by atoms with E-state index in [4.69, 9.17) is 4.74 Å². The lowest BCUT2D eigenvalue weighted by atomic mass is 10.1. The zero-order valence-electron chi connectivity index (χ0n) is 12.3. The molecule has 0 aliphatic heterocycles. The van der Waals surface area contributed by atoms with Gasteiger partial charge in [-0.3, -0.25) is 4.79 Å². The molecule has 3 rings (SSSR count). The van der Waals surface area contributed by atoms with Gasteiger partial charge in [-0.25, -0.2) is 0 Å². The number of hydrogen-bond donors (Lipinski definition) is 1. The molecular formula is C18H13BrINO2. The topological polar surface area (TPSA) is 38.3 Å². The SMILES string of the molecule is COc1c(C(=O)Nc2ccccc2I)cc2ccccc2c1Br. The van der Waals surface area contributed by atoms with Crippen LogP contribution >= 0.6 is 38.5 Å². The van der Waals surface area contributed by atoms with Crippen LogP contribution in [0, 0.1) is 3.57 Å². The molecule has 23 heavy (non-hydrogen) atoms. The van der Waals surface area contributed by atoms with E-state index in [1.54, 1.807) is 7.11 Å². The lowest BCUT2D eigenvalue weighted by molar-refractivity contribution is 0.102. The van der Waals surface area contributed by atoms with E-state index in [1.165, 1.54) is 0 Å². The van der Waals surface area contributed by atoms with Gasteiger partial charge >= 0.3 is 0 Å². The number of nitrogens with one attached hydrogen (secondary N) is 1. The van der Waals surface area contributed by atoms with Crippen molar-refractivity contribution in [1.82, 2.24) is 0 Å². The summed E-state index contributed by atoms with van der Waals surface area (Å²) in [5, 5.41) is 4.94. The molecule has 0 aliphatic carbocycles. The number of halogens is 2. The standard InChI is InChI=1S/C18H13BrINO2/c1-23-17-13(10-11-6-2-3-7-12(11)16(17)19)18(22)21-15-9-5-4-8-14(15)20/h2-10H,1H3,(H,21,22). The average Bonchev–Trinajstić information content (AvgIpc) is 2.57. The molecule has 3 nitrogen and oxygen atoms in total. The second kappa shape index (κ2) is 6.88. The van der Waals surface area contributed by atoms with Gasteiger partial charge in [0.1, 0.15) is 5.75 Å². The molecule has 3 aromatic carbocycles. The summed E-state index contributed by atoms with van der Waals surface area (Å²) in [6.07, 6.45) is 0. The molecule has 0 saturated heterocycles. The lowest BCUT2D eigenvalue weighted by Gasteiger charge is -2.14. The molecule has 1 amide bonds. The molecule has 0 aromatic heterocycles. The highest BCUT2D eigenvalue weighted by Crippen LogP contribution is 2.37. The second-order valence-electron chi connectivity index (χ2n) is 4.93. The Bertz CT molecular complexity index is 895. The quantitative estimate of drug-likeness (QED) is 0.504. The number of carbonyl (C=O) groups is 1. The monoisotopic (exact) mass is 481 g/mol. The number of methoxy groups -OCH3 is 1. The zero-order valence-corrected chi connectivity index (χ0v) is 16.0. The maximum Gasteiger partial charge on any atom is 0.259 e. The van der Waals surface area contributed by atoms with Crippen molar-refractivity contribution in [2.75, 3.05) is 12.4 Å². The minimum Gasteiger partial charge on any atom is -0.495 e. The van der Waals surface area contributed by atoms with Crippen molar-refractivity contribution < 1.29 is 9.53 Å². The van der Waals surface area contributed by atoms with Crippen LogP contribution in [0.5, 0.6) is 5.75 Å². The molecule has 0 bridgehead atoms. The number of ether oxygens (including phenoxy) is 1. The maximum atomic E-state index is 12.7. The van der Waals surface area contributed by atoms with Gasteiger partial charge in [-0.1, -0.05) is 36.4 Å². The van der Waals surface area contributed by atoms with Crippen LogP contribution < -0.4 is 10.1 Å². The third-order valence-electron chi connectivity index (χ3n) is 3.51. The van der Waals surface area contributed by atoms with Crippen LogP contribution in [0.3, 0.4) is 0 Å². The van der Waals surface area contributed by atoms with Gasteiger partial charge in [-0.2, -0.15) is 0 Å². The summed E-state index contributed by atoms with van der Waals surface area (Å²) in [4.78, 5) is 12.7. The molecule has 0 atom stereocenters. The number of fused-ring (bicyclic) bond motifs is 1. The fourth-order valence-corrected chi connectivity index (χ4v) is 3.66. The number of carbonyl (C=O) groups excluding carboxylic acids is 1. The third-order valence-corrected chi connectivity index (χ3v) is 5.24. The molecule has 0 heterocycles. The van der Waals surface area contributed by atoms with Crippen LogP contribution in [0.4, 0.5) is 5.69 Å². The summed E-state index contributed by atoms with van der Waals surface area (Å²) >= 11 is 5.75. The van der Waals surface area contributed by atoms with Gasteiger partial charge < -0.3 is 10.1 Å². The first-order valence-corrected chi connectivity index (χ1v) is 8.80. The van der Waals surface area contributed by atoms with Crippen LogP contribution in [0.15, 0.2) is 59.1 Å². The summed E-state index contributed by atoms with van der Waals surface area (Å²) in [7, 11) is 1.57. The summed E-state index contributed by atoms with van der Waals surface area (Å²) in [6, 6.07) is 17.4. The largest absolute Gasteiger partial charge is 0.495 e. The van der Waals surface area contributed by atoms with Crippen LogP contribution in [0.1, 0.15) is 10.4 Å². The predicted molar refractivity (Wildman–Crippen MR) is 105 cm³/mol. The Hall–Kier alpha value is -1.60. The Morgan fingerprint density at radius 3 is 2.57 bits per heavy atom. The second-order valence-corrected chi connectivity index (χ2v) is 6.88. The fraction of sp³-hybridized carbons (Fsp3) is 0.0556. The van der Waals surface area contributed by atoms with Crippen molar-refractivity contribution in [1.29, 1.82) is 0 Å². The van der Waals surface area contributed by atoms with Crippen LogP contribution in [-0.4, -0.2) is 13.0 Å². The number of anilines is 1. The first kappa shape index (κ1) is 16.3. The van der Waals surface area contributed by atoms with Gasteiger partial charge in [0.15, 0.2) is 0 Å². The summed E-state index contributed by atoms with van der Waals surface area (Å²) in [5.74, 6) is 0.338. The van der Waals surface area contributed by atoms with Crippen molar-refractivity contribution in [3.8, 4) is 5.75 Å². The number of para-hydroxylation sites is 1. The van der Waals surface area contributed by atoms with Crippen molar-refractivity contribution in [3.63, 3.8) is 0 Å².